The first-order valence-corrected chi connectivity index (χ1v) is 6.49. The van der Waals surface area contributed by atoms with Crippen LogP contribution >= 0.6 is 23.4 Å². The zero-order valence-electron chi connectivity index (χ0n) is 8.78. The molecule has 3 nitrogen and oxygen atoms in total. The number of amides is 1. The molecule has 1 aliphatic heterocycles. The fourth-order valence-corrected chi connectivity index (χ4v) is 2.61. The van der Waals surface area contributed by atoms with E-state index in [-0.39, 0.29) is 5.91 Å². The van der Waals surface area contributed by atoms with Crippen LogP contribution in [0.1, 0.15) is 6.42 Å². The molecule has 0 radical (unpaired) electrons. The lowest BCUT2D eigenvalue weighted by molar-refractivity contribution is -0.131. The van der Waals surface area contributed by atoms with Crippen LogP contribution in [-0.4, -0.2) is 29.6 Å². The number of likely N-dealkylation sites (tertiary alicyclic amines) is 1. The van der Waals surface area contributed by atoms with Crippen molar-refractivity contribution in [2.24, 2.45) is 0 Å². The van der Waals surface area contributed by atoms with Gasteiger partial charge in [-0.25, -0.2) is 0 Å². The lowest BCUT2D eigenvalue weighted by Crippen LogP contribution is -2.43. The number of rotatable bonds is 3. The summed E-state index contributed by atoms with van der Waals surface area (Å²) in [7, 11) is 0. The molecule has 1 heterocycles. The maximum absolute atomic E-state index is 11.6. The highest BCUT2D eigenvalue weighted by molar-refractivity contribution is 8.00. The van der Waals surface area contributed by atoms with Crippen molar-refractivity contribution in [3.05, 3.63) is 23.2 Å². The summed E-state index contributed by atoms with van der Waals surface area (Å²) in [6, 6.07) is 5.35. The molecule has 5 heteroatoms. The van der Waals surface area contributed by atoms with Crippen molar-refractivity contribution in [2.75, 3.05) is 24.6 Å². The molecular formula is C11H13ClN2OS. The summed E-state index contributed by atoms with van der Waals surface area (Å²) in [5.41, 5.74) is 6.24. The van der Waals surface area contributed by atoms with Crippen LogP contribution in [-0.2, 0) is 4.79 Å². The maximum atomic E-state index is 11.6. The summed E-state index contributed by atoms with van der Waals surface area (Å²) in [5, 5.41) is 0.612. The smallest absolute Gasteiger partial charge is 0.232 e. The first kappa shape index (κ1) is 11.6. The van der Waals surface area contributed by atoms with Crippen LogP contribution in [0.3, 0.4) is 0 Å². The predicted molar refractivity (Wildman–Crippen MR) is 67.8 cm³/mol. The molecule has 0 spiro atoms. The average Bonchev–Trinajstić information content (AvgIpc) is 2.13. The van der Waals surface area contributed by atoms with Crippen LogP contribution in [0.2, 0.25) is 5.02 Å². The van der Waals surface area contributed by atoms with Gasteiger partial charge in [0.1, 0.15) is 0 Å². The molecule has 0 unspecified atom stereocenters. The molecule has 16 heavy (non-hydrogen) atoms. The Balaban J connectivity index is 1.91. The highest BCUT2D eigenvalue weighted by Crippen LogP contribution is 2.29. The van der Waals surface area contributed by atoms with Crippen molar-refractivity contribution in [1.82, 2.24) is 4.90 Å². The first-order chi connectivity index (χ1) is 7.66. The van der Waals surface area contributed by atoms with Crippen molar-refractivity contribution >= 4 is 35.0 Å². The van der Waals surface area contributed by atoms with Crippen LogP contribution in [0.15, 0.2) is 23.1 Å². The molecule has 0 atom stereocenters. The summed E-state index contributed by atoms with van der Waals surface area (Å²) in [5.74, 6) is 0.632. The summed E-state index contributed by atoms with van der Waals surface area (Å²) in [4.78, 5) is 14.4. The van der Waals surface area contributed by atoms with Gasteiger partial charge in [0.2, 0.25) is 5.91 Å². The Morgan fingerprint density at radius 2 is 2.25 bits per heavy atom. The van der Waals surface area contributed by atoms with Crippen molar-refractivity contribution in [2.45, 2.75) is 11.3 Å². The molecule has 0 aromatic heterocycles. The second kappa shape index (κ2) is 4.97. The molecule has 1 amide bonds. The number of carbonyl (C=O) groups excluding carboxylic acids is 1. The van der Waals surface area contributed by atoms with Crippen molar-refractivity contribution < 1.29 is 4.79 Å². The molecule has 2 rings (SSSR count). The number of nitrogens with zero attached hydrogens (tertiary/aromatic N) is 1. The molecule has 0 saturated carbocycles. The summed E-state index contributed by atoms with van der Waals surface area (Å²) in [6.07, 6.45) is 1.12. The molecule has 1 fully saturated rings. The maximum Gasteiger partial charge on any atom is 0.232 e. The summed E-state index contributed by atoms with van der Waals surface area (Å²) < 4.78 is 0. The number of halogens is 1. The van der Waals surface area contributed by atoms with Gasteiger partial charge in [-0.15, -0.1) is 11.8 Å². The Hall–Kier alpha value is -0.870. The summed E-state index contributed by atoms with van der Waals surface area (Å²) in [6.45, 7) is 1.80. The fraction of sp³-hybridized carbons (Fsp3) is 0.364. The van der Waals surface area contributed by atoms with E-state index >= 15 is 0 Å². The quantitative estimate of drug-likeness (QED) is 0.667. The van der Waals surface area contributed by atoms with Crippen LogP contribution < -0.4 is 5.73 Å². The molecule has 1 saturated heterocycles. The van der Waals surface area contributed by atoms with Gasteiger partial charge in [-0.1, -0.05) is 11.6 Å². The Morgan fingerprint density at radius 3 is 2.81 bits per heavy atom. The van der Waals surface area contributed by atoms with Crippen LogP contribution in [0.25, 0.3) is 0 Å². The zero-order chi connectivity index (χ0) is 11.5. The third kappa shape index (κ3) is 2.62. The Morgan fingerprint density at radius 1 is 1.50 bits per heavy atom. The zero-order valence-corrected chi connectivity index (χ0v) is 10.4. The van der Waals surface area contributed by atoms with Gasteiger partial charge < -0.3 is 10.6 Å². The van der Waals surface area contributed by atoms with E-state index < -0.39 is 0 Å². The number of hydrogen-bond acceptors (Lipinski definition) is 3. The van der Waals surface area contributed by atoms with E-state index in [4.69, 9.17) is 17.3 Å². The fourth-order valence-electron chi connectivity index (χ4n) is 1.43. The second-order valence-corrected chi connectivity index (χ2v) is 5.14. The number of nitrogen functional groups attached to an aromatic ring is 1. The van der Waals surface area contributed by atoms with Gasteiger partial charge in [-0.3, -0.25) is 4.79 Å². The minimum atomic E-state index is 0.184. The molecule has 1 aromatic rings. The SMILES string of the molecule is Nc1ccc(SCC(=O)N2CCC2)c(Cl)c1. The third-order valence-corrected chi connectivity index (χ3v) is 4.00. The van der Waals surface area contributed by atoms with Crippen molar-refractivity contribution in [3.63, 3.8) is 0 Å². The molecule has 1 aromatic carbocycles. The first-order valence-electron chi connectivity index (χ1n) is 5.12. The Kier molecular flexibility index (Phi) is 3.61. The van der Waals surface area contributed by atoms with Gasteiger partial charge in [0.05, 0.1) is 10.8 Å². The molecule has 1 aliphatic rings. The van der Waals surface area contributed by atoms with E-state index in [1.54, 1.807) is 12.1 Å². The number of hydrogen-bond donors (Lipinski definition) is 1. The van der Waals surface area contributed by atoms with Gasteiger partial charge >= 0.3 is 0 Å². The lowest BCUT2D eigenvalue weighted by Gasteiger charge is -2.30. The number of benzene rings is 1. The molecule has 0 aliphatic carbocycles. The van der Waals surface area contributed by atoms with Gasteiger partial charge in [0.15, 0.2) is 0 Å². The van der Waals surface area contributed by atoms with E-state index in [9.17, 15) is 4.79 Å². The monoisotopic (exact) mass is 256 g/mol. The lowest BCUT2D eigenvalue weighted by atomic mass is 10.2. The normalized spacial score (nSPS) is 14.7. The summed E-state index contributed by atoms with van der Waals surface area (Å²) >= 11 is 7.48. The van der Waals surface area contributed by atoms with Gasteiger partial charge in [0.25, 0.3) is 0 Å². The van der Waals surface area contributed by atoms with E-state index in [0.717, 1.165) is 24.4 Å². The van der Waals surface area contributed by atoms with E-state index in [0.29, 0.717) is 16.5 Å². The van der Waals surface area contributed by atoms with Gasteiger partial charge in [-0.2, -0.15) is 0 Å². The highest BCUT2D eigenvalue weighted by Gasteiger charge is 2.20. The predicted octanol–water partition coefficient (Wildman–Crippen LogP) is 2.25. The third-order valence-electron chi connectivity index (χ3n) is 2.52. The topological polar surface area (TPSA) is 46.3 Å². The molecule has 0 bridgehead atoms. The average molecular weight is 257 g/mol. The van der Waals surface area contributed by atoms with E-state index in [1.165, 1.54) is 11.8 Å². The van der Waals surface area contributed by atoms with Crippen LogP contribution in [0.5, 0.6) is 0 Å². The van der Waals surface area contributed by atoms with Crippen LogP contribution in [0, 0.1) is 0 Å². The number of anilines is 1. The molecule has 2 N–H and O–H groups in total. The Labute approximate surface area is 104 Å². The van der Waals surface area contributed by atoms with E-state index in [1.807, 2.05) is 11.0 Å². The van der Waals surface area contributed by atoms with Gasteiger partial charge in [0, 0.05) is 23.7 Å². The number of thioether (sulfide) groups is 1. The van der Waals surface area contributed by atoms with Gasteiger partial charge in [-0.05, 0) is 24.6 Å². The molecular weight excluding hydrogens is 244 g/mol. The minimum absolute atomic E-state index is 0.184. The molecule has 86 valence electrons. The number of nitrogens with two attached hydrogens (primary N) is 1. The Bertz CT molecular complexity index is 407. The highest BCUT2D eigenvalue weighted by atomic mass is 35.5. The van der Waals surface area contributed by atoms with Crippen LogP contribution in [0.4, 0.5) is 5.69 Å². The largest absolute Gasteiger partial charge is 0.399 e. The standard InChI is InChI=1S/C11H13ClN2OS/c12-9-6-8(13)2-3-10(9)16-7-11(15)14-4-1-5-14/h2-3,6H,1,4-5,7,13H2. The minimum Gasteiger partial charge on any atom is -0.399 e. The second-order valence-electron chi connectivity index (χ2n) is 3.71. The van der Waals surface area contributed by atoms with Crippen molar-refractivity contribution in [3.8, 4) is 0 Å². The number of carbonyl (C=O) groups is 1. The van der Waals surface area contributed by atoms with Crippen molar-refractivity contribution in [1.29, 1.82) is 0 Å². The van der Waals surface area contributed by atoms with E-state index in [2.05, 4.69) is 0 Å².